The molecule has 1 saturated heterocycles. The van der Waals surface area contributed by atoms with Gasteiger partial charge in [0.05, 0.1) is 4.91 Å². The molecule has 138 valence electrons. The minimum Gasteiger partial charge on any atom is -0.426 e. The molecule has 0 atom stereocenters. The maximum Gasteiger partial charge on any atom is 0.311 e. The molecule has 0 radical (unpaired) electrons. The lowest BCUT2D eigenvalue weighted by Crippen LogP contribution is -2.17. The van der Waals surface area contributed by atoms with E-state index in [2.05, 4.69) is 5.32 Å². The fourth-order valence-corrected chi connectivity index (χ4v) is 4.10. The number of ether oxygens (including phenoxy) is 1. The molecule has 5 nitrogen and oxygen atoms in total. The number of benzene rings is 1. The Kier molecular flexibility index (Phi) is 6.14. The van der Waals surface area contributed by atoms with Crippen molar-refractivity contribution in [3.8, 4) is 5.75 Å². The molecule has 1 N–H and O–H groups in total. The molecule has 2 aliphatic rings. The summed E-state index contributed by atoms with van der Waals surface area (Å²) in [6, 6.07) is 5.35. The summed E-state index contributed by atoms with van der Waals surface area (Å²) in [6.07, 6.45) is 9.34. The second kappa shape index (κ2) is 8.54. The predicted octanol–water partition coefficient (Wildman–Crippen LogP) is 4.58. The standard InChI is InChI=1S/C20H23NO4S/c1-13-11-15(12-17-19(23)21-20(24)26-17)7-9-16(13)25-18(22)10-8-14-5-3-2-4-6-14/h7,9,11-12,14H,2-6,8,10H2,1H3,(H,21,23,24)/b17-12-. The Bertz CT molecular complexity index is 750. The van der Waals surface area contributed by atoms with Crippen LogP contribution in [-0.2, 0) is 9.59 Å². The van der Waals surface area contributed by atoms with E-state index in [1.165, 1.54) is 32.1 Å². The number of esters is 1. The van der Waals surface area contributed by atoms with Crippen LogP contribution in [0.5, 0.6) is 5.75 Å². The highest BCUT2D eigenvalue weighted by atomic mass is 32.2. The molecule has 0 aromatic heterocycles. The minimum absolute atomic E-state index is 0.193. The van der Waals surface area contributed by atoms with Gasteiger partial charge in [0.1, 0.15) is 5.75 Å². The third-order valence-electron chi connectivity index (χ3n) is 4.84. The first-order valence-corrected chi connectivity index (χ1v) is 9.89. The Balaban J connectivity index is 1.57. The molecule has 1 aliphatic carbocycles. The Morgan fingerprint density at radius 3 is 2.69 bits per heavy atom. The summed E-state index contributed by atoms with van der Waals surface area (Å²) < 4.78 is 5.50. The summed E-state index contributed by atoms with van der Waals surface area (Å²) in [5.41, 5.74) is 1.61. The number of carbonyl (C=O) groups excluding carboxylic acids is 3. The lowest BCUT2D eigenvalue weighted by molar-refractivity contribution is -0.134. The third-order valence-corrected chi connectivity index (χ3v) is 5.65. The van der Waals surface area contributed by atoms with Gasteiger partial charge in [-0.1, -0.05) is 38.2 Å². The molecular weight excluding hydrogens is 350 g/mol. The summed E-state index contributed by atoms with van der Waals surface area (Å²) in [4.78, 5) is 35.3. The highest BCUT2D eigenvalue weighted by molar-refractivity contribution is 8.18. The zero-order chi connectivity index (χ0) is 18.5. The fraction of sp³-hybridized carbons (Fsp3) is 0.450. The van der Waals surface area contributed by atoms with Gasteiger partial charge in [-0.3, -0.25) is 19.7 Å². The molecule has 0 bridgehead atoms. The number of imide groups is 1. The highest BCUT2D eigenvalue weighted by Gasteiger charge is 2.25. The van der Waals surface area contributed by atoms with Crippen LogP contribution < -0.4 is 10.1 Å². The molecule has 0 spiro atoms. The van der Waals surface area contributed by atoms with E-state index < -0.39 is 0 Å². The lowest BCUT2D eigenvalue weighted by atomic mass is 9.86. The van der Waals surface area contributed by atoms with Gasteiger partial charge in [0, 0.05) is 6.42 Å². The quantitative estimate of drug-likeness (QED) is 0.464. The molecule has 1 saturated carbocycles. The lowest BCUT2D eigenvalue weighted by Gasteiger charge is -2.20. The molecule has 2 amide bonds. The minimum atomic E-state index is -0.379. The van der Waals surface area contributed by atoms with E-state index >= 15 is 0 Å². The first kappa shape index (κ1) is 18.7. The van der Waals surface area contributed by atoms with Crippen molar-refractivity contribution in [3.63, 3.8) is 0 Å². The second-order valence-electron chi connectivity index (χ2n) is 6.89. The largest absolute Gasteiger partial charge is 0.426 e. The zero-order valence-electron chi connectivity index (χ0n) is 14.9. The van der Waals surface area contributed by atoms with Crippen molar-refractivity contribution in [2.45, 2.75) is 51.9 Å². The highest BCUT2D eigenvalue weighted by Crippen LogP contribution is 2.29. The van der Waals surface area contributed by atoms with Crippen LogP contribution in [0.15, 0.2) is 23.1 Å². The number of amides is 2. The van der Waals surface area contributed by atoms with Crippen LogP contribution in [0.1, 0.15) is 56.1 Å². The summed E-state index contributed by atoms with van der Waals surface area (Å²) in [6.45, 7) is 1.86. The van der Waals surface area contributed by atoms with Gasteiger partial charge >= 0.3 is 5.97 Å². The van der Waals surface area contributed by atoms with E-state index in [4.69, 9.17) is 4.74 Å². The number of hydrogen-bond donors (Lipinski definition) is 1. The van der Waals surface area contributed by atoms with Crippen molar-refractivity contribution >= 4 is 35.0 Å². The van der Waals surface area contributed by atoms with E-state index in [9.17, 15) is 14.4 Å². The van der Waals surface area contributed by atoms with Crippen LogP contribution in [0.3, 0.4) is 0 Å². The maximum absolute atomic E-state index is 12.1. The van der Waals surface area contributed by atoms with E-state index in [-0.39, 0.29) is 17.1 Å². The van der Waals surface area contributed by atoms with Crippen molar-refractivity contribution in [3.05, 3.63) is 34.2 Å². The summed E-state index contributed by atoms with van der Waals surface area (Å²) in [5.74, 6) is 0.626. The number of carbonyl (C=O) groups is 3. The fourth-order valence-electron chi connectivity index (χ4n) is 3.42. The van der Waals surface area contributed by atoms with E-state index in [0.717, 1.165) is 29.3 Å². The van der Waals surface area contributed by atoms with E-state index in [1.807, 2.05) is 13.0 Å². The topological polar surface area (TPSA) is 72.5 Å². The van der Waals surface area contributed by atoms with Gasteiger partial charge in [0.2, 0.25) is 0 Å². The van der Waals surface area contributed by atoms with Crippen LogP contribution in [0.25, 0.3) is 6.08 Å². The zero-order valence-corrected chi connectivity index (χ0v) is 15.7. The smallest absolute Gasteiger partial charge is 0.311 e. The van der Waals surface area contributed by atoms with Gasteiger partial charge in [-0.25, -0.2) is 0 Å². The van der Waals surface area contributed by atoms with Crippen molar-refractivity contribution in [1.29, 1.82) is 0 Å². The van der Waals surface area contributed by atoms with Gasteiger partial charge in [-0.2, -0.15) is 0 Å². The van der Waals surface area contributed by atoms with E-state index in [0.29, 0.717) is 23.0 Å². The van der Waals surface area contributed by atoms with Crippen LogP contribution in [0, 0.1) is 12.8 Å². The molecule has 3 rings (SSSR count). The number of hydrogen-bond acceptors (Lipinski definition) is 5. The average Bonchev–Trinajstić information content (AvgIpc) is 2.93. The van der Waals surface area contributed by atoms with Gasteiger partial charge in [0.25, 0.3) is 11.1 Å². The molecular formula is C20H23NO4S. The molecule has 26 heavy (non-hydrogen) atoms. The summed E-state index contributed by atoms with van der Waals surface area (Å²) in [7, 11) is 0. The molecule has 1 aromatic carbocycles. The van der Waals surface area contributed by atoms with Crippen molar-refractivity contribution in [2.75, 3.05) is 0 Å². The maximum atomic E-state index is 12.1. The first-order chi connectivity index (χ1) is 12.5. The molecule has 2 fully saturated rings. The van der Waals surface area contributed by atoms with Crippen LogP contribution in [0.2, 0.25) is 0 Å². The molecule has 0 unspecified atom stereocenters. The summed E-state index contributed by atoms with van der Waals surface area (Å²) in [5, 5.41) is 1.87. The summed E-state index contributed by atoms with van der Waals surface area (Å²) >= 11 is 0.885. The monoisotopic (exact) mass is 373 g/mol. The van der Waals surface area contributed by atoms with Crippen LogP contribution in [0.4, 0.5) is 4.79 Å². The van der Waals surface area contributed by atoms with E-state index in [1.54, 1.807) is 18.2 Å². The normalized spacial score (nSPS) is 19.7. The van der Waals surface area contributed by atoms with Crippen LogP contribution >= 0.6 is 11.8 Å². The van der Waals surface area contributed by atoms with Gasteiger partial charge in [-0.15, -0.1) is 0 Å². The van der Waals surface area contributed by atoms with Crippen molar-refractivity contribution in [1.82, 2.24) is 5.32 Å². The Morgan fingerprint density at radius 1 is 1.27 bits per heavy atom. The second-order valence-corrected chi connectivity index (χ2v) is 7.91. The molecule has 1 heterocycles. The van der Waals surface area contributed by atoms with Gasteiger partial charge in [0.15, 0.2) is 0 Å². The van der Waals surface area contributed by atoms with Crippen molar-refractivity contribution < 1.29 is 19.1 Å². The number of thioether (sulfide) groups is 1. The Hall–Kier alpha value is -2.08. The molecule has 1 aromatic rings. The Labute approximate surface area is 157 Å². The number of nitrogens with one attached hydrogen (secondary N) is 1. The Morgan fingerprint density at radius 2 is 2.04 bits per heavy atom. The SMILES string of the molecule is Cc1cc(/C=C2\SC(=O)NC2=O)ccc1OC(=O)CCC1CCCCC1. The third kappa shape index (κ3) is 4.97. The van der Waals surface area contributed by atoms with Crippen molar-refractivity contribution in [2.24, 2.45) is 5.92 Å². The molecule has 6 heteroatoms. The van der Waals surface area contributed by atoms with Gasteiger partial charge in [-0.05, 0) is 60.4 Å². The van der Waals surface area contributed by atoms with Gasteiger partial charge < -0.3 is 4.74 Å². The first-order valence-electron chi connectivity index (χ1n) is 9.07. The molecule has 1 aliphatic heterocycles. The van der Waals surface area contributed by atoms with Crippen LogP contribution in [-0.4, -0.2) is 17.1 Å². The number of rotatable bonds is 5. The number of aryl methyl sites for hydroxylation is 1. The average molecular weight is 373 g/mol. The predicted molar refractivity (Wildman–Crippen MR) is 102 cm³/mol.